The Bertz CT molecular complexity index is 1190. The molecular weight excluding hydrogens is 648 g/mol. The summed E-state index contributed by atoms with van der Waals surface area (Å²) in [5, 5.41) is 0. The van der Waals surface area contributed by atoms with Crippen LogP contribution in [0.4, 0.5) is 0 Å². The van der Waals surface area contributed by atoms with Crippen LogP contribution in [0.2, 0.25) is 0 Å². The number of benzene rings is 4. The Kier molecular flexibility index (Phi) is 4.68. The number of hydrogen-bond donors (Lipinski definition) is 0. The van der Waals surface area contributed by atoms with Crippen molar-refractivity contribution in [3.05, 3.63) is 136 Å². The van der Waals surface area contributed by atoms with Gasteiger partial charge in [-0.1, -0.05) is 60.7 Å². The van der Waals surface area contributed by atoms with E-state index in [9.17, 15) is 0 Å². The maximum absolute atomic E-state index is 7.30. The van der Waals surface area contributed by atoms with Crippen molar-refractivity contribution in [2.24, 2.45) is 0 Å². The van der Waals surface area contributed by atoms with Gasteiger partial charge >= 0.3 is 0 Å². The first-order valence-corrected chi connectivity index (χ1v) is 13.0. The predicted octanol–water partition coefficient (Wildman–Crippen LogP) is 8.66. The summed E-state index contributed by atoms with van der Waals surface area (Å²) >= 11 is 15.0. The molecule has 0 saturated heterocycles. The predicted molar refractivity (Wildman–Crippen MR) is 137 cm³/mol. The highest BCUT2D eigenvalue weighted by molar-refractivity contribution is 9.13. The van der Waals surface area contributed by atoms with Crippen LogP contribution in [0.5, 0.6) is 0 Å². The molecule has 4 aromatic carbocycles. The zero-order valence-corrected chi connectivity index (χ0v) is 22.3. The van der Waals surface area contributed by atoms with Crippen molar-refractivity contribution in [2.75, 3.05) is 0 Å². The topological polar surface area (TPSA) is 9.23 Å². The second kappa shape index (κ2) is 7.13. The summed E-state index contributed by atoms with van der Waals surface area (Å²) in [6, 6.07) is 29.9. The first-order chi connectivity index (χ1) is 15.0. The van der Waals surface area contributed by atoms with Crippen LogP contribution in [0.1, 0.15) is 33.4 Å². The van der Waals surface area contributed by atoms with Crippen LogP contribution in [0.25, 0.3) is 0 Å². The van der Waals surface area contributed by atoms with Crippen LogP contribution in [0.3, 0.4) is 0 Å². The number of rotatable bonds is 2. The van der Waals surface area contributed by atoms with Crippen molar-refractivity contribution in [2.45, 2.75) is 11.2 Å². The van der Waals surface area contributed by atoms with Gasteiger partial charge in [-0.05, 0) is 99.1 Å². The van der Waals surface area contributed by atoms with Crippen LogP contribution in [0.15, 0.2) is 103 Å². The van der Waals surface area contributed by atoms with E-state index in [1.54, 1.807) is 0 Å². The van der Waals surface area contributed by atoms with Crippen molar-refractivity contribution in [3.8, 4) is 0 Å². The van der Waals surface area contributed by atoms with E-state index in [0.29, 0.717) is 0 Å². The fourth-order valence-corrected chi connectivity index (χ4v) is 6.46. The van der Waals surface area contributed by atoms with E-state index in [1.807, 2.05) is 12.1 Å². The molecule has 0 atom stereocenters. The van der Waals surface area contributed by atoms with E-state index in [2.05, 4.69) is 137 Å². The molecule has 0 saturated carbocycles. The summed E-state index contributed by atoms with van der Waals surface area (Å²) in [6.45, 7) is 0. The van der Waals surface area contributed by atoms with Gasteiger partial charge in [-0.3, -0.25) is 0 Å². The van der Waals surface area contributed by atoms with Gasteiger partial charge in [-0.15, -0.1) is 0 Å². The summed E-state index contributed by atoms with van der Waals surface area (Å²) in [6.07, 6.45) is 0. The monoisotopic (exact) mass is 658 g/mol. The van der Waals surface area contributed by atoms with Crippen LogP contribution in [-0.4, -0.2) is 0 Å². The smallest absolute Gasteiger partial charge is 0.146 e. The van der Waals surface area contributed by atoms with Crippen LogP contribution in [-0.2, 0) is 15.9 Å². The minimum atomic E-state index is -0.700. The fourth-order valence-electron chi connectivity index (χ4n) is 5.08. The molecule has 0 amide bonds. The number of hydrogen-bond acceptors (Lipinski definition) is 1. The molecule has 0 fully saturated rings. The van der Waals surface area contributed by atoms with Crippen LogP contribution >= 0.6 is 63.7 Å². The van der Waals surface area contributed by atoms with E-state index < -0.39 is 11.2 Å². The molecule has 0 unspecified atom stereocenters. The van der Waals surface area contributed by atoms with Crippen molar-refractivity contribution >= 4 is 63.7 Å². The highest BCUT2D eigenvalue weighted by Crippen LogP contribution is 2.67. The molecule has 5 heteroatoms. The fraction of sp³-hybridized carbons (Fsp3) is 0.0769. The van der Waals surface area contributed by atoms with E-state index >= 15 is 0 Å². The van der Waals surface area contributed by atoms with Crippen LogP contribution in [0, 0.1) is 0 Å². The van der Waals surface area contributed by atoms with E-state index in [4.69, 9.17) is 4.74 Å². The molecule has 0 spiro atoms. The third-order valence-corrected chi connectivity index (χ3v) is 9.99. The molecule has 31 heavy (non-hydrogen) atoms. The van der Waals surface area contributed by atoms with Crippen molar-refractivity contribution in [1.29, 1.82) is 0 Å². The minimum absolute atomic E-state index is 0.700. The second-order valence-electron chi connectivity index (χ2n) is 7.82. The number of halogens is 4. The Morgan fingerprint density at radius 3 is 1.03 bits per heavy atom. The van der Waals surface area contributed by atoms with E-state index in [0.717, 1.165) is 29.0 Å². The first kappa shape index (κ1) is 20.4. The Balaban J connectivity index is 1.82. The van der Waals surface area contributed by atoms with Gasteiger partial charge in [-0.25, -0.2) is 0 Å². The van der Waals surface area contributed by atoms with Crippen molar-refractivity contribution < 1.29 is 4.74 Å². The summed E-state index contributed by atoms with van der Waals surface area (Å²) in [4.78, 5) is 0. The Morgan fingerprint density at radius 1 is 0.452 bits per heavy atom. The highest BCUT2D eigenvalue weighted by Gasteiger charge is 2.64. The van der Waals surface area contributed by atoms with Gasteiger partial charge in [0.2, 0.25) is 0 Å². The lowest BCUT2D eigenvalue weighted by Crippen LogP contribution is -2.27. The molecule has 1 nitrogen and oxygen atoms in total. The Hall–Kier alpha value is -1.24. The van der Waals surface area contributed by atoms with Gasteiger partial charge in [0, 0.05) is 40.1 Å². The molecule has 2 heterocycles. The second-order valence-corrected chi connectivity index (χ2v) is 11.2. The minimum Gasteiger partial charge on any atom is -0.340 e. The van der Waals surface area contributed by atoms with E-state index in [1.165, 1.54) is 22.3 Å². The average Bonchev–Trinajstić information content (AvgIpc) is 3.24. The third-order valence-electron chi connectivity index (χ3n) is 6.30. The lowest BCUT2D eigenvalue weighted by Gasteiger charge is -2.31. The molecule has 4 aromatic rings. The lowest BCUT2D eigenvalue weighted by atomic mass is 9.68. The molecule has 0 aromatic heterocycles. The lowest BCUT2D eigenvalue weighted by molar-refractivity contribution is -0.0258. The van der Waals surface area contributed by atoms with Gasteiger partial charge in [-0.2, -0.15) is 0 Å². The van der Waals surface area contributed by atoms with Crippen molar-refractivity contribution in [1.82, 2.24) is 0 Å². The Morgan fingerprint density at radius 2 is 0.742 bits per heavy atom. The number of fused-ring (bicyclic) bond motifs is 8. The summed E-state index contributed by atoms with van der Waals surface area (Å²) in [5.74, 6) is 0. The van der Waals surface area contributed by atoms with Gasteiger partial charge in [0.25, 0.3) is 0 Å². The standard InChI is InChI=1S/C26H14Br4O/c27-21-11-17-19(13-23(21)29)26(16-9-5-2-6-10-16)20-14-24(30)22(28)12-18(20)25(17,31-26)15-7-3-1-4-8-15/h1-14H. The Labute approximate surface area is 214 Å². The molecule has 6 rings (SSSR count). The number of ether oxygens (including phenoxy) is 1. The maximum atomic E-state index is 7.30. The zero-order chi connectivity index (χ0) is 21.4. The third kappa shape index (κ3) is 2.61. The molecule has 0 radical (unpaired) electrons. The van der Waals surface area contributed by atoms with Crippen LogP contribution < -0.4 is 0 Å². The maximum Gasteiger partial charge on any atom is 0.146 e. The summed E-state index contributed by atoms with van der Waals surface area (Å²) in [7, 11) is 0. The average molecular weight is 662 g/mol. The molecule has 2 aliphatic heterocycles. The van der Waals surface area contributed by atoms with Gasteiger partial charge in [0.15, 0.2) is 0 Å². The summed E-state index contributed by atoms with van der Waals surface area (Å²) < 4.78 is 11.3. The summed E-state index contributed by atoms with van der Waals surface area (Å²) in [5.41, 5.74) is 5.51. The van der Waals surface area contributed by atoms with Crippen molar-refractivity contribution in [3.63, 3.8) is 0 Å². The highest BCUT2D eigenvalue weighted by atomic mass is 79.9. The van der Waals surface area contributed by atoms with E-state index in [-0.39, 0.29) is 0 Å². The molecule has 0 N–H and O–H groups in total. The largest absolute Gasteiger partial charge is 0.340 e. The molecular formula is C26H14Br4O. The quantitative estimate of drug-likeness (QED) is 0.209. The normalized spacial score (nSPS) is 23.0. The first-order valence-electron chi connectivity index (χ1n) is 9.79. The molecule has 152 valence electrons. The van der Waals surface area contributed by atoms with Gasteiger partial charge in [0.1, 0.15) is 11.2 Å². The molecule has 2 bridgehead atoms. The van der Waals surface area contributed by atoms with Gasteiger partial charge < -0.3 is 4.74 Å². The van der Waals surface area contributed by atoms with Gasteiger partial charge in [0.05, 0.1) is 0 Å². The molecule has 0 aliphatic carbocycles. The molecule has 2 aliphatic rings. The zero-order valence-electron chi connectivity index (χ0n) is 16.0. The SMILES string of the molecule is Brc1cc2c(cc1Br)C1(c3ccccc3)OC2(c2ccccc2)c2cc(Br)c(Br)cc21.